The Morgan fingerprint density at radius 3 is 2.32 bits per heavy atom. The van der Waals surface area contributed by atoms with Gasteiger partial charge in [0, 0.05) is 6.42 Å². The topological polar surface area (TPSA) is 52.3 Å². The number of fused-ring (bicyclic) bond motifs is 1. The lowest BCUT2D eigenvalue weighted by molar-refractivity contribution is 0.303. The third kappa shape index (κ3) is 3.48. The molecule has 0 saturated heterocycles. The first-order chi connectivity index (χ1) is 12.2. The van der Waals surface area contributed by atoms with Crippen LogP contribution in [0.5, 0.6) is 5.75 Å². The molecule has 0 aliphatic rings. The molecule has 8 heteroatoms. The molecule has 0 atom stereocenters. The Labute approximate surface area is 145 Å². The van der Waals surface area contributed by atoms with Crippen molar-refractivity contribution in [2.24, 2.45) is 0 Å². The maximum Gasteiger partial charge on any atom is 0.234 e. The Morgan fingerprint density at radius 2 is 1.60 bits per heavy atom. The van der Waals surface area contributed by atoms with Crippen LogP contribution in [0.1, 0.15) is 16.4 Å². The van der Waals surface area contributed by atoms with E-state index in [0.29, 0.717) is 23.0 Å². The minimum Gasteiger partial charge on any atom is -0.486 e. The molecular formula is C17H12F2N4OS. The van der Waals surface area contributed by atoms with Gasteiger partial charge >= 0.3 is 0 Å². The van der Waals surface area contributed by atoms with Crippen LogP contribution in [0.4, 0.5) is 8.78 Å². The summed E-state index contributed by atoms with van der Waals surface area (Å²) in [6.45, 7) is 0.260. The zero-order valence-electron chi connectivity index (χ0n) is 12.9. The van der Waals surface area contributed by atoms with Crippen molar-refractivity contribution in [1.29, 1.82) is 0 Å². The van der Waals surface area contributed by atoms with Crippen molar-refractivity contribution >= 4 is 16.3 Å². The molecule has 126 valence electrons. The second kappa shape index (κ2) is 6.56. The highest BCUT2D eigenvalue weighted by atomic mass is 32.1. The molecule has 2 heterocycles. The number of benzene rings is 2. The number of aromatic nitrogens is 4. The summed E-state index contributed by atoms with van der Waals surface area (Å²) in [5.41, 5.74) is 0.924. The van der Waals surface area contributed by atoms with Gasteiger partial charge in [-0.25, -0.2) is 8.78 Å². The molecule has 0 spiro atoms. The van der Waals surface area contributed by atoms with Crippen LogP contribution in [0.15, 0.2) is 48.5 Å². The average Bonchev–Trinajstić information content (AvgIpc) is 3.18. The summed E-state index contributed by atoms with van der Waals surface area (Å²) in [5, 5.41) is 13.4. The van der Waals surface area contributed by atoms with E-state index in [4.69, 9.17) is 4.74 Å². The van der Waals surface area contributed by atoms with Gasteiger partial charge < -0.3 is 4.74 Å². The fourth-order valence-corrected chi connectivity index (χ4v) is 3.09. The maximum absolute atomic E-state index is 13.0. The summed E-state index contributed by atoms with van der Waals surface area (Å²) in [6.07, 6.45) is 0.503. The molecule has 0 N–H and O–H groups in total. The Morgan fingerprint density at radius 1 is 0.920 bits per heavy atom. The Hall–Kier alpha value is -2.87. The van der Waals surface area contributed by atoms with E-state index in [-0.39, 0.29) is 18.2 Å². The number of ether oxygens (including phenoxy) is 1. The molecule has 4 rings (SSSR count). The summed E-state index contributed by atoms with van der Waals surface area (Å²) in [7, 11) is 0. The molecule has 0 fully saturated rings. The van der Waals surface area contributed by atoms with Gasteiger partial charge in [0.15, 0.2) is 10.8 Å². The standard InChI is InChI=1S/C17H12F2N4OS/c18-12-3-1-11(2-4-12)9-15-20-21-17-23(15)22-16(25-17)10-24-14-7-5-13(19)6-8-14/h1-8H,9-10H2. The Kier molecular flexibility index (Phi) is 4.10. The number of rotatable bonds is 5. The molecular weight excluding hydrogens is 346 g/mol. The lowest BCUT2D eigenvalue weighted by Gasteiger charge is -2.02. The highest BCUT2D eigenvalue weighted by Gasteiger charge is 2.12. The predicted molar refractivity (Wildman–Crippen MR) is 88.6 cm³/mol. The molecule has 0 aliphatic carbocycles. The smallest absolute Gasteiger partial charge is 0.234 e. The Balaban J connectivity index is 1.49. The maximum atomic E-state index is 13.0. The number of hydrogen-bond donors (Lipinski definition) is 0. The van der Waals surface area contributed by atoms with Gasteiger partial charge in [-0.05, 0) is 42.0 Å². The van der Waals surface area contributed by atoms with Crippen molar-refractivity contribution in [3.05, 3.63) is 76.6 Å². The van der Waals surface area contributed by atoms with Crippen molar-refractivity contribution in [1.82, 2.24) is 19.8 Å². The summed E-state index contributed by atoms with van der Waals surface area (Å²) in [6, 6.07) is 12.1. The van der Waals surface area contributed by atoms with Crippen molar-refractivity contribution in [3.63, 3.8) is 0 Å². The SMILES string of the molecule is Fc1ccc(Cc2nnc3sc(COc4ccc(F)cc4)nn23)cc1. The van der Waals surface area contributed by atoms with Gasteiger partial charge in [0.2, 0.25) is 4.96 Å². The van der Waals surface area contributed by atoms with Gasteiger partial charge in [-0.2, -0.15) is 9.61 Å². The first-order valence-electron chi connectivity index (χ1n) is 7.50. The fraction of sp³-hybridized carbons (Fsp3) is 0.118. The van der Waals surface area contributed by atoms with Gasteiger partial charge in [0.25, 0.3) is 0 Å². The quantitative estimate of drug-likeness (QED) is 0.547. The van der Waals surface area contributed by atoms with Crippen LogP contribution in [-0.2, 0) is 13.0 Å². The largest absolute Gasteiger partial charge is 0.486 e. The number of nitrogens with zero attached hydrogens (tertiary/aromatic N) is 4. The van der Waals surface area contributed by atoms with Crippen LogP contribution in [0.2, 0.25) is 0 Å². The Bertz CT molecular complexity index is 996. The molecule has 0 bridgehead atoms. The van der Waals surface area contributed by atoms with E-state index in [1.807, 2.05) is 0 Å². The van der Waals surface area contributed by atoms with E-state index in [9.17, 15) is 8.78 Å². The first-order valence-corrected chi connectivity index (χ1v) is 8.32. The molecule has 5 nitrogen and oxygen atoms in total. The van der Waals surface area contributed by atoms with Crippen molar-refractivity contribution in [2.75, 3.05) is 0 Å². The molecule has 0 unspecified atom stereocenters. The number of hydrogen-bond acceptors (Lipinski definition) is 5. The molecule has 0 saturated carbocycles. The van der Waals surface area contributed by atoms with Crippen LogP contribution in [-0.4, -0.2) is 19.8 Å². The molecule has 0 amide bonds. The van der Waals surface area contributed by atoms with Gasteiger partial charge in [0.05, 0.1) is 0 Å². The van der Waals surface area contributed by atoms with Gasteiger partial charge in [-0.15, -0.1) is 10.2 Å². The van der Waals surface area contributed by atoms with E-state index < -0.39 is 0 Å². The highest BCUT2D eigenvalue weighted by molar-refractivity contribution is 7.16. The van der Waals surface area contributed by atoms with Gasteiger partial charge in [0.1, 0.15) is 24.0 Å². The van der Waals surface area contributed by atoms with Crippen LogP contribution in [0.3, 0.4) is 0 Å². The van der Waals surface area contributed by atoms with Crippen molar-refractivity contribution in [2.45, 2.75) is 13.0 Å². The van der Waals surface area contributed by atoms with Crippen LogP contribution < -0.4 is 4.74 Å². The summed E-state index contributed by atoms with van der Waals surface area (Å²) in [4.78, 5) is 0.662. The van der Waals surface area contributed by atoms with Crippen molar-refractivity contribution in [3.8, 4) is 5.75 Å². The van der Waals surface area contributed by atoms with Gasteiger partial charge in [-0.1, -0.05) is 23.5 Å². The van der Waals surface area contributed by atoms with E-state index in [0.717, 1.165) is 10.6 Å². The normalized spacial score (nSPS) is 11.1. The highest BCUT2D eigenvalue weighted by Crippen LogP contribution is 2.19. The van der Waals surface area contributed by atoms with Gasteiger partial charge in [-0.3, -0.25) is 0 Å². The molecule has 0 radical (unpaired) electrons. The first kappa shape index (κ1) is 15.6. The van der Waals surface area contributed by atoms with Crippen LogP contribution >= 0.6 is 11.3 Å². The zero-order chi connectivity index (χ0) is 17.2. The third-order valence-corrected chi connectivity index (χ3v) is 4.42. The minimum absolute atomic E-state index is 0.260. The molecule has 4 aromatic rings. The van der Waals surface area contributed by atoms with E-state index in [2.05, 4.69) is 15.3 Å². The molecule has 0 aliphatic heterocycles. The lowest BCUT2D eigenvalue weighted by Crippen LogP contribution is -2.00. The molecule has 25 heavy (non-hydrogen) atoms. The minimum atomic E-state index is -0.309. The van der Waals surface area contributed by atoms with Crippen LogP contribution in [0, 0.1) is 11.6 Å². The average molecular weight is 358 g/mol. The predicted octanol–water partition coefficient (Wildman–Crippen LogP) is 3.63. The summed E-state index contributed by atoms with van der Waals surface area (Å²) < 4.78 is 33.1. The van der Waals surface area contributed by atoms with E-state index in [1.54, 1.807) is 28.8 Å². The van der Waals surface area contributed by atoms with E-state index in [1.165, 1.54) is 35.6 Å². The fourth-order valence-electron chi connectivity index (χ4n) is 2.33. The number of halogens is 2. The van der Waals surface area contributed by atoms with Crippen molar-refractivity contribution < 1.29 is 13.5 Å². The van der Waals surface area contributed by atoms with E-state index >= 15 is 0 Å². The third-order valence-electron chi connectivity index (χ3n) is 3.55. The molecule has 2 aromatic heterocycles. The second-order valence-electron chi connectivity index (χ2n) is 5.35. The summed E-state index contributed by atoms with van der Waals surface area (Å²) >= 11 is 1.37. The monoisotopic (exact) mass is 358 g/mol. The second-order valence-corrected chi connectivity index (χ2v) is 6.39. The zero-order valence-corrected chi connectivity index (χ0v) is 13.7. The molecule has 2 aromatic carbocycles. The summed E-state index contributed by atoms with van der Waals surface area (Å²) in [5.74, 6) is 0.658. The van der Waals surface area contributed by atoms with Crippen LogP contribution in [0.25, 0.3) is 4.96 Å². The lowest BCUT2D eigenvalue weighted by atomic mass is 10.1.